The lowest BCUT2D eigenvalue weighted by Gasteiger charge is -2.22. The molecule has 0 saturated carbocycles. The van der Waals surface area contributed by atoms with Crippen LogP contribution in [-0.2, 0) is 9.57 Å². The molecule has 0 bridgehead atoms. The number of ether oxygens (including phenoxy) is 1. The average Bonchev–Trinajstić information content (AvgIpc) is 2.46. The number of benzene rings is 1. The van der Waals surface area contributed by atoms with Gasteiger partial charge in [-0.05, 0) is 36.5 Å². The SMILES string of the molecule is CC(C)c1ccc(O)c(C(=O)NO[C@H]2CCCCO2)c1. The third kappa shape index (κ3) is 3.71. The summed E-state index contributed by atoms with van der Waals surface area (Å²) < 4.78 is 5.36. The Labute approximate surface area is 118 Å². The number of hydroxylamine groups is 1. The Morgan fingerprint density at radius 3 is 2.90 bits per heavy atom. The second-order valence-corrected chi connectivity index (χ2v) is 5.28. The smallest absolute Gasteiger partial charge is 0.278 e. The van der Waals surface area contributed by atoms with E-state index >= 15 is 0 Å². The van der Waals surface area contributed by atoms with Crippen LogP contribution in [-0.4, -0.2) is 23.9 Å². The number of phenols is 1. The van der Waals surface area contributed by atoms with Crippen molar-refractivity contribution < 1.29 is 19.5 Å². The van der Waals surface area contributed by atoms with Crippen molar-refractivity contribution in [2.45, 2.75) is 45.3 Å². The lowest BCUT2D eigenvalue weighted by molar-refractivity contribution is -0.186. The average molecular weight is 279 g/mol. The molecular formula is C15H21NO4. The highest BCUT2D eigenvalue weighted by Gasteiger charge is 2.18. The fourth-order valence-corrected chi connectivity index (χ4v) is 2.07. The van der Waals surface area contributed by atoms with Crippen molar-refractivity contribution in [3.8, 4) is 5.75 Å². The van der Waals surface area contributed by atoms with Crippen LogP contribution < -0.4 is 5.48 Å². The molecule has 1 saturated heterocycles. The Hall–Kier alpha value is -1.59. The van der Waals surface area contributed by atoms with Crippen molar-refractivity contribution in [2.24, 2.45) is 0 Å². The van der Waals surface area contributed by atoms with Gasteiger partial charge in [0.2, 0.25) is 0 Å². The van der Waals surface area contributed by atoms with Crippen LogP contribution in [0.5, 0.6) is 5.75 Å². The van der Waals surface area contributed by atoms with Gasteiger partial charge in [0.25, 0.3) is 5.91 Å². The van der Waals surface area contributed by atoms with Crippen molar-refractivity contribution in [3.63, 3.8) is 0 Å². The number of carbonyl (C=O) groups is 1. The van der Waals surface area contributed by atoms with Crippen LogP contribution in [0.1, 0.15) is 54.9 Å². The number of nitrogens with one attached hydrogen (secondary N) is 1. The first-order chi connectivity index (χ1) is 9.58. The molecule has 1 aliphatic heterocycles. The lowest BCUT2D eigenvalue weighted by atomic mass is 10.00. The summed E-state index contributed by atoms with van der Waals surface area (Å²) in [5, 5.41) is 9.78. The number of phenolic OH excluding ortho intramolecular Hbond substituents is 1. The van der Waals surface area contributed by atoms with E-state index in [0.717, 1.165) is 24.8 Å². The fourth-order valence-electron chi connectivity index (χ4n) is 2.07. The second kappa shape index (κ2) is 6.72. The number of hydrogen-bond donors (Lipinski definition) is 2. The van der Waals surface area contributed by atoms with Crippen LogP contribution in [0.25, 0.3) is 0 Å². The van der Waals surface area contributed by atoms with E-state index in [1.165, 1.54) is 6.07 Å². The molecular weight excluding hydrogens is 258 g/mol. The first kappa shape index (κ1) is 14.8. The standard InChI is InChI=1S/C15H21NO4/c1-10(2)11-6-7-13(17)12(9-11)15(18)16-20-14-5-3-4-8-19-14/h6-7,9-10,14,17H,3-5,8H2,1-2H3,(H,16,18)/t14-/m0/s1. The van der Waals surface area contributed by atoms with Gasteiger partial charge in [0.15, 0.2) is 6.29 Å². The monoisotopic (exact) mass is 279 g/mol. The van der Waals surface area contributed by atoms with Crippen LogP contribution in [0.15, 0.2) is 18.2 Å². The van der Waals surface area contributed by atoms with E-state index in [4.69, 9.17) is 9.57 Å². The molecule has 0 radical (unpaired) electrons. The molecule has 5 nitrogen and oxygen atoms in total. The van der Waals surface area contributed by atoms with Crippen LogP contribution >= 0.6 is 0 Å². The normalized spacial score (nSPS) is 19.1. The van der Waals surface area contributed by atoms with Crippen LogP contribution in [0.3, 0.4) is 0 Å². The van der Waals surface area contributed by atoms with Crippen molar-refractivity contribution in [2.75, 3.05) is 6.61 Å². The lowest BCUT2D eigenvalue weighted by Crippen LogP contribution is -2.33. The zero-order valence-electron chi connectivity index (χ0n) is 11.9. The first-order valence-electron chi connectivity index (χ1n) is 6.98. The molecule has 5 heteroatoms. The predicted molar refractivity (Wildman–Crippen MR) is 74.3 cm³/mol. The van der Waals surface area contributed by atoms with E-state index in [9.17, 15) is 9.90 Å². The maximum Gasteiger partial charge on any atom is 0.278 e. The van der Waals surface area contributed by atoms with Crippen LogP contribution in [0.4, 0.5) is 0 Å². The third-order valence-corrected chi connectivity index (χ3v) is 3.35. The Kier molecular flexibility index (Phi) is 4.98. The van der Waals surface area contributed by atoms with Gasteiger partial charge < -0.3 is 9.84 Å². The molecule has 0 spiro atoms. The van der Waals surface area contributed by atoms with E-state index in [-0.39, 0.29) is 17.2 Å². The largest absolute Gasteiger partial charge is 0.507 e. The molecule has 1 amide bonds. The Bertz CT molecular complexity index is 467. The van der Waals surface area contributed by atoms with E-state index in [1.54, 1.807) is 6.07 Å². The number of rotatable bonds is 4. The molecule has 1 aliphatic rings. The van der Waals surface area contributed by atoms with Crippen molar-refractivity contribution >= 4 is 5.91 Å². The number of carbonyl (C=O) groups excluding carboxylic acids is 1. The summed E-state index contributed by atoms with van der Waals surface area (Å²) in [5.74, 6) is -0.232. The minimum Gasteiger partial charge on any atom is -0.507 e. The van der Waals surface area contributed by atoms with Gasteiger partial charge in [-0.25, -0.2) is 10.3 Å². The summed E-state index contributed by atoms with van der Waals surface area (Å²) in [6.07, 6.45) is 2.40. The van der Waals surface area contributed by atoms with Crippen molar-refractivity contribution in [1.29, 1.82) is 0 Å². The van der Waals surface area contributed by atoms with Gasteiger partial charge in [0.1, 0.15) is 5.75 Å². The van der Waals surface area contributed by atoms with E-state index in [2.05, 4.69) is 5.48 Å². The summed E-state index contributed by atoms with van der Waals surface area (Å²) in [4.78, 5) is 17.3. The van der Waals surface area contributed by atoms with Gasteiger partial charge in [-0.3, -0.25) is 4.79 Å². The first-order valence-corrected chi connectivity index (χ1v) is 6.98. The molecule has 20 heavy (non-hydrogen) atoms. The van der Waals surface area contributed by atoms with E-state index < -0.39 is 12.2 Å². The minimum atomic E-state index is -0.459. The van der Waals surface area contributed by atoms with E-state index in [1.807, 2.05) is 19.9 Å². The molecule has 0 unspecified atom stereocenters. The zero-order valence-corrected chi connectivity index (χ0v) is 11.9. The molecule has 2 N–H and O–H groups in total. The van der Waals surface area contributed by atoms with Gasteiger partial charge >= 0.3 is 0 Å². The van der Waals surface area contributed by atoms with Crippen molar-refractivity contribution in [3.05, 3.63) is 29.3 Å². The van der Waals surface area contributed by atoms with Gasteiger partial charge in [0.05, 0.1) is 5.56 Å². The Morgan fingerprint density at radius 2 is 2.25 bits per heavy atom. The van der Waals surface area contributed by atoms with Gasteiger partial charge in [0, 0.05) is 13.0 Å². The zero-order chi connectivity index (χ0) is 14.5. The fraction of sp³-hybridized carbons (Fsp3) is 0.533. The number of amides is 1. The Morgan fingerprint density at radius 1 is 1.45 bits per heavy atom. The quantitative estimate of drug-likeness (QED) is 0.832. The molecule has 1 aromatic rings. The summed E-state index contributed by atoms with van der Waals surface area (Å²) in [6.45, 7) is 4.70. The molecule has 0 aliphatic carbocycles. The topological polar surface area (TPSA) is 67.8 Å². The van der Waals surface area contributed by atoms with Crippen LogP contribution in [0.2, 0.25) is 0 Å². The highest BCUT2D eigenvalue weighted by Crippen LogP contribution is 2.23. The molecule has 1 fully saturated rings. The highest BCUT2D eigenvalue weighted by atomic mass is 16.8. The van der Waals surface area contributed by atoms with Gasteiger partial charge in [-0.2, -0.15) is 0 Å². The maximum absolute atomic E-state index is 12.0. The molecule has 2 rings (SSSR count). The van der Waals surface area contributed by atoms with Gasteiger partial charge in [-0.15, -0.1) is 0 Å². The van der Waals surface area contributed by atoms with Crippen LogP contribution in [0, 0.1) is 0 Å². The predicted octanol–water partition coefficient (Wildman–Crippen LogP) is 2.70. The molecule has 0 aromatic heterocycles. The molecule has 1 aromatic carbocycles. The maximum atomic E-state index is 12.0. The molecule has 110 valence electrons. The molecule has 1 heterocycles. The summed E-state index contributed by atoms with van der Waals surface area (Å²) in [6, 6.07) is 5.02. The summed E-state index contributed by atoms with van der Waals surface area (Å²) in [5.41, 5.74) is 3.55. The third-order valence-electron chi connectivity index (χ3n) is 3.35. The summed E-state index contributed by atoms with van der Waals surface area (Å²) in [7, 11) is 0. The summed E-state index contributed by atoms with van der Waals surface area (Å²) >= 11 is 0. The highest BCUT2D eigenvalue weighted by molar-refractivity contribution is 5.96. The minimum absolute atomic E-state index is 0.0555. The number of aromatic hydroxyl groups is 1. The number of hydrogen-bond acceptors (Lipinski definition) is 4. The van der Waals surface area contributed by atoms with Crippen molar-refractivity contribution in [1.82, 2.24) is 5.48 Å². The van der Waals surface area contributed by atoms with E-state index in [0.29, 0.717) is 6.61 Å². The molecule has 1 atom stereocenters. The Balaban J connectivity index is 1.99. The second-order valence-electron chi connectivity index (χ2n) is 5.28. The van der Waals surface area contributed by atoms with Gasteiger partial charge in [-0.1, -0.05) is 19.9 Å².